The lowest BCUT2D eigenvalue weighted by molar-refractivity contribution is -0.114. The van der Waals surface area contributed by atoms with Crippen molar-refractivity contribution in [3.05, 3.63) is 72.2 Å². The van der Waals surface area contributed by atoms with Gasteiger partial charge in [0.1, 0.15) is 0 Å². The van der Waals surface area contributed by atoms with Gasteiger partial charge in [0.2, 0.25) is 11.7 Å². The molecular weight excluding hydrogens is 382 g/mol. The van der Waals surface area contributed by atoms with Crippen molar-refractivity contribution < 1.29 is 14.7 Å². The van der Waals surface area contributed by atoms with Gasteiger partial charge in [-0.3, -0.25) is 9.20 Å². The highest BCUT2D eigenvalue weighted by molar-refractivity contribution is 6.00. The van der Waals surface area contributed by atoms with E-state index in [2.05, 4.69) is 21.4 Å². The van der Waals surface area contributed by atoms with E-state index in [1.54, 1.807) is 36.7 Å². The van der Waals surface area contributed by atoms with Crippen molar-refractivity contribution in [2.24, 2.45) is 0 Å². The summed E-state index contributed by atoms with van der Waals surface area (Å²) in [5.74, 6) is -0.986. The van der Waals surface area contributed by atoms with Crippen LogP contribution in [0.3, 0.4) is 0 Å². The van der Waals surface area contributed by atoms with Crippen LogP contribution < -0.4 is 5.32 Å². The molecule has 0 saturated carbocycles. The Morgan fingerprint density at radius 2 is 1.73 bits per heavy atom. The van der Waals surface area contributed by atoms with Crippen LogP contribution in [0.1, 0.15) is 22.8 Å². The molecule has 0 radical (unpaired) electrons. The number of nitriles is 1. The number of nitrogens with zero attached hydrogens (tertiary/aromatic N) is 4. The molecule has 0 fully saturated rings. The third-order valence-corrected chi connectivity index (χ3v) is 4.57. The van der Waals surface area contributed by atoms with Crippen LogP contribution in [-0.2, 0) is 4.79 Å². The number of amides is 1. The first-order chi connectivity index (χ1) is 14.5. The Kier molecular flexibility index (Phi) is 4.70. The predicted octanol–water partition coefficient (Wildman–Crippen LogP) is 3.59. The minimum atomic E-state index is -1.13. The summed E-state index contributed by atoms with van der Waals surface area (Å²) >= 11 is 0. The molecule has 1 amide bonds. The van der Waals surface area contributed by atoms with Crippen LogP contribution in [0.2, 0.25) is 0 Å². The van der Waals surface area contributed by atoms with Crippen molar-refractivity contribution in [2.45, 2.75) is 6.92 Å². The van der Waals surface area contributed by atoms with Gasteiger partial charge in [0, 0.05) is 30.4 Å². The van der Waals surface area contributed by atoms with Gasteiger partial charge in [0.05, 0.1) is 34.8 Å². The number of hydrogen-bond acceptors (Lipinski definition) is 5. The third kappa shape index (κ3) is 3.47. The fraction of sp³-hybridized carbons (Fsp3) is 0.0455. The maximum Gasteiger partial charge on any atom is 0.337 e. The number of carboxylic acid groups (broad SMARTS) is 1. The van der Waals surface area contributed by atoms with Gasteiger partial charge >= 0.3 is 5.97 Å². The van der Waals surface area contributed by atoms with Gasteiger partial charge in [-0.15, -0.1) is 0 Å². The van der Waals surface area contributed by atoms with Crippen LogP contribution in [0.5, 0.6) is 0 Å². The molecule has 4 aromatic rings. The van der Waals surface area contributed by atoms with Crippen molar-refractivity contribution in [3.63, 3.8) is 0 Å². The molecule has 0 unspecified atom stereocenters. The third-order valence-electron chi connectivity index (χ3n) is 4.57. The highest BCUT2D eigenvalue weighted by Gasteiger charge is 2.14. The quantitative estimate of drug-likeness (QED) is 0.543. The summed E-state index contributed by atoms with van der Waals surface area (Å²) in [6.07, 6.45) is 5.18. The molecule has 146 valence electrons. The molecule has 2 heterocycles. The number of hydrogen-bond donors (Lipinski definition) is 2. The monoisotopic (exact) mass is 397 g/mol. The second-order valence-electron chi connectivity index (χ2n) is 6.59. The first kappa shape index (κ1) is 18.8. The number of benzene rings is 2. The zero-order valence-electron chi connectivity index (χ0n) is 15.8. The van der Waals surface area contributed by atoms with Crippen LogP contribution in [0.15, 0.2) is 61.1 Å². The topological polar surface area (TPSA) is 120 Å². The first-order valence-corrected chi connectivity index (χ1v) is 8.95. The molecule has 0 atom stereocenters. The van der Waals surface area contributed by atoms with Crippen LogP contribution >= 0.6 is 0 Å². The van der Waals surface area contributed by atoms with Crippen molar-refractivity contribution in [3.8, 4) is 28.5 Å². The van der Waals surface area contributed by atoms with E-state index in [0.29, 0.717) is 16.9 Å². The Hall–Kier alpha value is -4.51. The summed E-state index contributed by atoms with van der Waals surface area (Å²) in [4.78, 5) is 31.6. The largest absolute Gasteiger partial charge is 0.478 e. The van der Waals surface area contributed by atoms with Gasteiger partial charge in [-0.1, -0.05) is 18.2 Å². The standard InChI is InChI=1S/C22H15N5O3/c1-13(28)26-19-8-16(6-7-18(19)21(29)30)17-10-24-22-25-11-20(27(22)12-17)15-4-2-14(9-23)3-5-15/h2-8,10-12H,1H3,(H,26,28)(H,29,30). The van der Waals surface area contributed by atoms with Crippen molar-refractivity contribution in [1.82, 2.24) is 14.4 Å². The highest BCUT2D eigenvalue weighted by atomic mass is 16.4. The maximum absolute atomic E-state index is 11.5. The summed E-state index contributed by atoms with van der Waals surface area (Å²) in [6, 6.07) is 13.9. The molecule has 2 N–H and O–H groups in total. The fourth-order valence-electron chi connectivity index (χ4n) is 3.16. The number of carboxylic acids is 1. The SMILES string of the molecule is CC(=O)Nc1cc(-c2cnc3ncc(-c4ccc(C#N)cc4)n3c2)ccc1C(=O)O. The van der Waals surface area contributed by atoms with Crippen molar-refractivity contribution in [1.29, 1.82) is 5.26 Å². The van der Waals surface area contributed by atoms with E-state index in [9.17, 15) is 14.7 Å². The van der Waals surface area contributed by atoms with Gasteiger partial charge in [0.25, 0.3) is 0 Å². The average Bonchev–Trinajstić information content (AvgIpc) is 3.16. The highest BCUT2D eigenvalue weighted by Crippen LogP contribution is 2.28. The molecule has 2 aromatic carbocycles. The molecule has 2 aromatic heterocycles. The number of anilines is 1. The summed E-state index contributed by atoms with van der Waals surface area (Å²) in [5.41, 5.74) is 3.87. The van der Waals surface area contributed by atoms with Crippen LogP contribution in [0.4, 0.5) is 5.69 Å². The summed E-state index contributed by atoms with van der Waals surface area (Å²) < 4.78 is 1.82. The molecule has 0 saturated heterocycles. The van der Waals surface area contributed by atoms with E-state index < -0.39 is 5.97 Å². The van der Waals surface area contributed by atoms with Gasteiger partial charge < -0.3 is 10.4 Å². The van der Waals surface area contributed by atoms with Gasteiger partial charge in [-0.2, -0.15) is 5.26 Å². The minimum Gasteiger partial charge on any atom is -0.478 e. The normalized spacial score (nSPS) is 10.5. The molecule has 30 heavy (non-hydrogen) atoms. The molecule has 0 aliphatic carbocycles. The second-order valence-corrected chi connectivity index (χ2v) is 6.59. The molecule has 0 bridgehead atoms. The van der Waals surface area contributed by atoms with E-state index >= 15 is 0 Å². The Morgan fingerprint density at radius 3 is 2.40 bits per heavy atom. The number of imidazole rings is 1. The van der Waals surface area contributed by atoms with Crippen molar-refractivity contribution in [2.75, 3.05) is 5.32 Å². The molecule has 4 rings (SSSR count). The summed E-state index contributed by atoms with van der Waals surface area (Å²) in [5, 5.41) is 20.9. The number of nitrogens with one attached hydrogen (secondary N) is 1. The van der Waals surface area contributed by atoms with E-state index in [4.69, 9.17) is 5.26 Å². The summed E-state index contributed by atoms with van der Waals surface area (Å²) in [7, 11) is 0. The number of carbonyl (C=O) groups is 2. The van der Waals surface area contributed by atoms with E-state index in [0.717, 1.165) is 16.8 Å². The van der Waals surface area contributed by atoms with Crippen LogP contribution in [0, 0.1) is 11.3 Å². The maximum atomic E-state index is 11.5. The van der Waals surface area contributed by atoms with Crippen LogP contribution in [0.25, 0.3) is 28.2 Å². The fourth-order valence-corrected chi connectivity index (χ4v) is 3.16. The lowest BCUT2D eigenvalue weighted by atomic mass is 10.0. The Labute approximate surface area is 171 Å². The Morgan fingerprint density at radius 1 is 1.03 bits per heavy atom. The molecule has 0 aliphatic rings. The zero-order valence-corrected chi connectivity index (χ0v) is 15.8. The molecular formula is C22H15N5O3. The first-order valence-electron chi connectivity index (χ1n) is 8.95. The van der Waals surface area contributed by atoms with Crippen molar-refractivity contribution >= 4 is 23.3 Å². The van der Waals surface area contributed by atoms with E-state index in [1.165, 1.54) is 13.0 Å². The van der Waals surface area contributed by atoms with Crippen LogP contribution in [-0.4, -0.2) is 31.4 Å². The minimum absolute atomic E-state index is 0.00360. The lowest BCUT2D eigenvalue weighted by Crippen LogP contribution is -2.11. The second kappa shape index (κ2) is 7.48. The lowest BCUT2D eigenvalue weighted by Gasteiger charge is -2.10. The average molecular weight is 397 g/mol. The molecule has 8 heteroatoms. The molecule has 0 aliphatic heterocycles. The Balaban J connectivity index is 1.81. The predicted molar refractivity (Wildman–Crippen MR) is 110 cm³/mol. The number of fused-ring (bicyclic) bond motifs is 1. The van der Waals surface area contributed by atoms with Gasteiger partial charge in [0.15, 0.2) is 0 Å². The van der Waals surface area contributed by atoms with Gasteiger partial charge in [-0.25, -0.2) is 14.8 Å². The number of aromatic carboxylic acids is 1. The van der Waals surface area contributed by atoms with Gasteiger partial charge in [-0.05, 0) is 29.8 Å². The zero-order chi connectivity index (χ0) is 21.3. The number of rotatable bonds is 4. The molecule has 0 spiro atoms. The number of aromatic nitrogens is 3. The van der Waals surface area contributed by atoms with E-state index in [1.807, 2.05) is 22.7 Å². The number of carbonyl (C=O) groups excluding carboxylic acids is 1. The van der Waals surface area contributed by atoms with E-state index in [-0.39, 0.29) is 17.2 Å². The smallest absolute Gasteiger partial charge is 0.337 e. The summed E-state index contributed by atoms with van der Waals surface area (Å²) in [6.45, 7) is 1.32. The molecule has 8 nitrogen and oxygen atoms in total. The Bertz CT molecular complexity index is 1330.